The maximum atomic E-state index is 9.62. The van der Waals surface area contributed by atoms with E-state index in [0.717, 1.165) is 0 Å². The number of aromatic amines is 2. The molecule has 7 heteroatoms. The SMILES string of the molecule is OC(CN=Cc1ncc[nH]1)CN=Cc1ncc[nH]1. The topological polar surface area (TPSA) is 102 Å². The summed E-state index contributed by atoms with van der Waals surface area (Å²) < 4.78 is 0. The third-order valence-electron chi connectivity index (χ3n) is 2.10. The molecule has 18 heavy (non-hydrogen) atoms. The van der Waals surface area contributed by atoms with Crippen molar-refractivity contribution in [2.45, 2.75) is 6.10 Å². The Balaban J connectivity index is 1.70. The lowest BCUT2D eigenvalue weighted by Crippen LogP contribution is -2.15. The molecule has 0 aliphatic rings. The molecule has 0 atom stereocenters. The van der Waals surface area contributed by atoms with Crippen molar-refractivity contribution in [3.63, 3.8) is 0 Å². The number of aliphatic imine (C=N–C) groups is 2. The Morgan fingerprint density at radius 1 is 1.06 bits per heavy atom. The second kappa shape index (κ2) is 6.45. The number of aliphatic hydroxyl groups excluding tert-OH is 1. The molecule has 3 N–H and O–H groups in total. The minimum atomic E-state index is -0.609. The molecular formula is C11H14N6O. The van der Waals surface area contributed by atoms with Gasteiger partial charge in [-0.2, -0.15) is 0 Å². The van der Waals surface area contributed by atoms with Crippen LogP contribution in [0.1, 0.15) is 11.6 Å². The molecule has 0 spiro atoms. The van der Waals surface area contributed by atoms with Gasteiger partial charge in [0.25, 0.3) is 0 Å². The average molecular weight is 246 g/mol. The summed E-state index contributed by atoms with van der Waals surface area (Å²) in [7, 11) is 0. The normalized spacial score (nSPS) is 13.6. The second-order valence-electron chi connectivity index (χ2n) is 3.59. The molecular weight excluding hydrogens is 232 g/mol. The quantitative estimate of drug-likeness (QED) is 0.626. The first-order valence-corrected chi connectivity index (χ1v) is 5.51. The highest BCUT2D eigenvalue weighted by Crippen LogP contribution is 1.89. The maximum Gasteiger partial charge on any atom is 0.147 e. The molecule has 0 aromatic carbocycles. The van der Waals surface area contributed by atoms with Gasteiger partial charge in [0.1, 0.15) is 11.6 Å². The number of nitrogens with one attached hydrogen (secondary N) is 2. The van der Waals surface area contributed by atoms with Crippen molar-refractivity contribution >= 4 is 12.4 Å². The molecule has 2 rings (SSSR count). The molecule has 0 bridgehead atoms. The summed E-state index contributed by atoms with van der Waals surface area (Å²) in [6, 6.07) is 0. The van der Waals surface area contributed by atoms with Gasteiger partial charge in [-0.05, 0) is 0 Å². The highest BCUT2D eigenvalue weighted by molar-refractivity contribution is 5.74. The number of hydrogen-bond donors (Lipinski definition) is 3. The molecule has 0 fully saturated rings. The summed E-state index contributed by atoms with van der Waals surface area (Å²) in [4.78, 5) is 21.9. The van der Waals surface area contributed by atoms with Gasteiger partial charge in [-0.1, -0.05) is 0 Å². The zero-order valence-corrected chi connectivity index (χ0v) is 9.69. The summed E-state index contributed by atoms with van der Waals surface area (Å²) in [5, 5.41) is 9.62. The van der Waals surface area contributed by atoms with Crippen LogP contribution in [0, 0.1) is 0 Å². The first-order valence-electron chi connectivity index (χ1n) is 5.51. The van der Waals surface area contributed by atoms with Gasteiger partial charge in [0, 0.05) is 24.8 Å². The number of imidazole rings is 2. The zero-order valence-electron chi connectivity index (χ0n) is 9.69. The molecule has 2 aromatic heterocycles. The van der Waals surface area contributed by atoms with Crippen LogP contribution < -0.4 is 0 Å². The predicted octanol–water partition coefficient (Wildman–Crippen LogP) is 0.0317. The fourth-order valence-electron chi connectivity index (χ4n) is 1.28. The Morgan fingerprint density at radius 2 is 1.56 bits per heavy atom. The largest absolute Gasteiger partial charge is 0.389 e. The Morgan fingerprint density at radius 3 is 1.94 bits per heavy atom. The standard InChI is InChI=1S/C11H14N6O/c18-9(5-12-7-10-14-1-2-15-10)6-13-8-11-16-3-4-17-11/h1-4,7-9,18H,5-6H2,(H,14,15)(H,16,17). The smallest absolute Gasteiger partial charge is 0.147 e. The fraction of sp³-hybridized carbons (Fsp3) is 0.273. The monoisotopic (exact) mass is 246 g/mol. The number of H-pyrrole nitrogens is 2. The van der Waals surface area contributed by atoms with Crippen molar-refractivity contribution < 1.29 is 5.11 Å². The summed E-state index contributed by atoms with van der Waals surface area (Å²) in [5.74, 6) is 1.34. The predicted molar refractivity (Wildman–Crippen MR) is 68.1 cm³/mol. The van der Waals surface area contributed by atoms with Gasteiger partial charge in [0.2, 0.25) is 0 Å². The van der Waals surface area contributed by atoms with Gasteiger partial charge < -0.3 is 15.1 Å². The average Bonchev–Trinajstić information content (AvgIpc) is 3.01. The van der Waals surface area contributed by atoms with E-state index in [0.29, 0.717) is 11.6 Å². The Bertz CT molecular complexity index is 441. The third-order valence-corrected chi connectivity index (χ3v) is 2.10. The molecule has 0 saturated carbocycles. The van der Waals surface area contributed by atoms with Gasteiger partial charge in [-0.25, -0.2) is 9.97 Å². The molecule has 0 aliphatic carbocycles. The van der Waals surface area contributed by atoms with Crippen LogP contribution in [0.3, 0.4) is 0 Å². The number of hydrogen-bond acceptors (Lipinski definition) is 5. The minimum Gasteiger partial charge on any atom is -0.389 e. The Kier molecular flexibility index (Phi) is 4.37. The summed E-state index contributed by atoms with van der Waals surface area (Å²) >= 11 is 0. The van der Waals surface area contributed by atoms with Gasteiger partial charge in [0.05, 0.1) is 31.6 Å². The van der Waals surface area contributed by atoms with E-state index in [4.69, 9.17) is 0 Å². The maximum absolute atomic E-state index is 9.62. The van der Waals surface area contributed by atoms with Gasteiger partial charge in [-0.15, -0.1) is 0 Å². The van der Waals surface area contributed by atoms with Gasteiger partial charge in [0.15, 0.2) is 0 Å². The van der Waals surface area contributed by atoms with Gasteiger partial charge in [-0.3, -0.25) is 9.98 Å². The van der Waals surface area contributed by atoms with E-state index in [2.05, 4.69) is 29.9 Å². The molecule has 7 nitrogen and oxygen atoms in total. The lowest BCUT2D eigenvalue weighted by molar-refractivity contribution is 0.193. The van der Waals surface area contributed by atoms with E-state index in [1.165, 1.54) is 0 Å². The molecule has 94 valence electrons. The number of nitrogens with zero attached hydrogens (tertiary/aromatic N) is 4. The van der Waals surface area contributed by atoms with Crippen molar-refractivity contribution in [2.24, 2.45) is 9.98 Å². The second-order valence-corrected chi connectivity index (χ2v) is 3.59. The lowest BCUT2D eigenvalue weighted by atomic mass is 10.3. The van der Waals surface area contributed by atoms with Crippen molar-refractivity contribution in [3.8, 4) is 0 Å². The number of aliphatic hydroxyl groups is 1. The third kappa shape index (κ3) is 3.95. The lowest BCUT2D eigenvalue weighted by Gasteiger charge is -2.02. The zero-order chi connectivity index (χ0) is 12.6. The van der Waals surface area contributed by atoms with Crippen LogP contribution in [0.4, 0.5) is 0 Å². The summed E-state index contributed by atoms with van der Waals surface area (Å²) in [5.41, 5.74) is 0. The van der Waals surface area contributed by atoms with E-state index in [9.17, 15) is 5.11 Å². The van der Waals surface area contributed by atoms with Gasteiger partial charge >= 0.3 is 0 Å². The first-order chi connectivity index (χ1) is 8.84. The molecule has 2 heterocycles. The van der Waals surface area contributed by atoms with Crippen LogP contribution in [0.2, 0.25) is 0 Å². The Hall–Kier alpha value is -2.28. The molecule has 0 radical (unpaired) electrons. The summed E-state index contributed by atoms with van der Waals surface area (Å²) in [6.07, 6.45) is 9.27. The van der Waals surface area contributed by atoms with Crippen molar-refractivity contribution in [1.82, 2.24) is 19.9 Å². The van der Waals surface area contributed by atoms with Crippen molar-refractivity contribution in [1.29, 1.82) is 0 Å². The van der Waals surface area contributed by atoms with Crippen LogP contribution in [0.5, 0.6) is 0 Å². The fourth-order valence-corrected chi connectivity index (χ4v) is 1.28. The van der Waals surface area contributed by atoms with Crippen LogP contribution in [-0.4, -0.2) is 56.7 Å². The molecule has 0 aliphatic heterocycles. The van der Waals surface area contributed by atoms with Crippen LogP contribution in [0.25, 0.3) is 0 Å². The van der Waals surface area contributed by atoms with Crippen LogP contribution in [0.15, 0.2) is 34.8 Å². The highest BCUT2D eigenvalue weighted by atomic mass is 16.3. The number of aromatic nitrogens is 4. The Labute approximate surface area is 104 Å². The summed E-state index contributed by atoms with van der Waals surface area (Å²) in [6.45, 7) is 0.576. The van der Waals surface area contributed by atoms with E-state index >= 15 is 0 Å². The molecule has 0 unspecified atom stereocenters. The van der Waals surface area contributed by atoms with Crippen LogP contribution in [-0.2, 0) is 0 Å². The first kappa shape index (κ1) is 12.2. The molecule has 0 saturated heterocycles. The van der Waals surface area contributed by atoms with Crippen LogP contribution >= 0.6 is 0 Å². The van der Waals surface area contributed by atoms with Crippen molar-refractivity contribution in [2.75, 3.05) is 13.1 Å². The van der Waals surface area contributed by atoms with E-state index in [-0.39, 0.29) is 13.1 Å². The van der Waals surface area contributed by atoms with E-state index < -0.39 is 6.10 Å². The van der Waals surface area contributed by atoms with E-state index in [1.54, 1.807) is 37.2 Å². The van der Waals surface area contributed by atoms with E-state index in [1.807, 2.05) is 0 Å². The molecule has 0 amide bonds. The number of rotatable bonds is 6. The molecule has 2 aromatic rings. The highest BCUT2D eigenvalue weighted by Gasteiger charge is 2.00. The van der Waals surface area contributed by atoms with Crippen molar-refractivity contribution in [3.05, 3.63) is 36.4 Å². The minimum absolute atomic E-state index is 0.288.